The molecule has 0 aliphatic rings. The first-order valence-corrected chi connectivity index (χ1v) is 5.14. The molecule has 2 N–H and O–H groups in total. The Kier molecular flexibility index (Phi) is 3.49. The molecule has 0 amide bonds. The third-order valence-electron chi connectivity index (χ3n) is 1.36. The molecule has 7 heteroatoms. The fraction of sp³-hybridized carbons (Fsp3) is 0.143. The molecule has 0 aliphatic heterocycles. The third-order valence-corrected chi connectivity index (χ3v) is 1.82. The topological polar surface area (TPSA) is 96.7 Å². The van der Waals surface area contributed by atoms with Crippen molar-refractivity contribution in [2.45, 2.75) is 6.61 Å². The number of nitrogens with zero attached hydrogens (tertiary/aromatic N) is 1. The summed E-state index contributed by atoms with van der Waals surface area (Å²) in [6.07, 6.45) is 1.98. The van der Waals surface area contributed by atoms with Gasteiger partial charge in [0.1, 0.15) is 12.9 Å². The van der Waals surface area contributed by atoms with Crippen molar-refractivity contribution in [1.29, 1.82) is 0 Å². The van der Waals surface area contributed by atoms with Crippen molar-refractivity contribution in [3.63, 3.8) is 0 Å². The average molecular weight is 217 g/mol. The van der Waals surface area contributed by atoms with Gasteiger partial charge in [0.15, 0.2) is 0 Å². The predicted octanol–water partition coefficient (Wildman–Crippen LogP) is 0.503. The number of hydrogen-bond acceptors (Lipinski definition) is 4. The lowest BCUT2D eigenvalue weighted by molar-refractivity contribution is 0.112. The van der Waals surface area contributed by atoms with Gasteiger partial charge in [-0.15, -0.1) is 0 Å². The van der Waals surface area contributed by atoms with Crippen LogP contribution in [0.2, 0.25) is 0 Å². The van der Waals surface area contributed by atoms with Crippen molar-refractivity contribution < 1.29 is 23.7 Å². The van der Waals surface area contributed by atoms with Crippen LogP contribution >= 0.6 is 7.82 Å². The van der Waals surface area contributed by atoms with Gasteiger partial charge in [-0.3, -0.25) is 14.3 Å². The number of aromatic nitrogens is 1. The summed E-state index contributed by atoms with van der Waals surface area (Å²) in [5.74, 6) is 0. The summed E-state index contributed by atoms with van der Waals surface area (Å²) in [6, 6.07) is 2.87. The largest absolute Gasteiger partial charge is 0.469 e. The van der Waals surface area contributed by atoms with Crippen LogP contribution in [-0.4, -0.2) is 21.1 Å². The second-order valence-corrected chi connectivity index (χ2v) is 3.70. The smallest absolute Gasteiger partial charge is 0.303 e. The molecular formula is C7H8NO5P. The summed E-state index contributed by atoms with van der Waals surface area (Å²) in [5.41, 5.74) is 0.669. The van der Waals surface area contributed by atoms with E-state index in [1.54, 1.807) is 0 Å². The first-order chi connectivity index (χ1) is 6.51. The van der Waals surface area contributed by atoms with Gasteiger partial charge in [0, 0.05) is 11.8 Å². The van der Waals surface area contributed by atoms with Gasteiger partial charge in [-0.1, -0.05) is 0 Å². The van der Waals surface area contributed by atoms with Gasteiger partial charge in [-0.2, -0.15) is 0 Å². The number of carbonyl (C=O) groups is 1. The zero-order valence-corrected chi connectivity index (χ0v) is 7.92. The third kappa shape index (κ3) is 3.76. The van der Waals surface area contributed by atoms with Crippen LogP contribution in [0.15, 0.2) is 18.3 Å². The van der Waals surface area contributed by atoms with E-state index in [2.05, 4.69) is 9.51 Å². The normalized spacial score (nSPS) is 11.3. The van der Waals surface area contributed by atoms with Crippen LogP contribution in [-0.2, 0) is 15.7 Å². The fourth-order valence-electron chi connectivity index (χ4n) is 0.799. The van der Waals surface area contributed by atoms with Gasteiger partial charge in [0.2, 0.25) is 0 Å². The molecule has 0 radical (unpaired) electrons. The zero-order chi connectivity index (χ0) is 10.6. The Morgan fingerprint density at radius 1 is 1.57 bits per heavy atom. The molecule has 0 spiro atoms. The molecule has 0 saturated heterocycles. The molecule has 0 aliphatic carbocycles. The summed E-state index contributed by atoms with van der Waals surface area (Å²) in [6.45, 7) is -0.327. The van der Waals surface area contributed by atoms with Crippen LogP contribution in [0.4, 0.5) is 0 Å². The van der Waals surface area contributed by atoms with E-state index in [4.69, 9.17) is 9.79 Å². The Labute approximate surface area is 79.8 Å². The quantitative estimate of drug-likeness (QED) is 0.563. The summed E-state index contributed by atoms with van der Waals surface area (Å²) in [4.78, 5) is 30.9. The van der Waals surface area contributed by atoms with Crippen molar-refractivity contribution >= 4 is 14.1 Å². The Bertz CT molecular complexity index is 374. The Morgan fingerprint density at radius 3 is 2.86 bits per heavy atom. The zero-order valence-electron chi connectivity index (χ0n) is 7.03. The number of hydrogen-bond donors (Lipinski definition) is 2. The second-order valence-electron chi connectivity index (χ2n) is 2.46. The maximum absolute atomic E-state index is 10.3. The molecular weight excluding hydrogens is 209 g/mol. The number of aldehydes is 1. The van der Waals surface area contributed by atoms with Gasteiger partial charge >= 0.3 is 7.82 Å². The molecule has 0 bridgehead atoms. The van der Waals surface area contributed by atoms with Gasteiger partial charge < -0.3 is 9.79 Å². The minimum absolute atomic E-state index is 0.290. The molecule has 0 atom stereocenters. The molecule has 14 heavy (non-hydrogen) atoms. The summed E-state index contributed by atoms with van der Waals surface area (Å²) in [5, 5.41) is 0. The van der Waals surface area contributed by atoms with E-state index < -0.39 is 7.82 Å². The van der Waals surface area contributed by atoms with Crippen molar-refractivity contribution in [3.8, 4) is 0 Å². The lowest BCUT2D eigenvalue weighted by Gasteiger charge is -2.04. The summed E-state index contributed by atoms with van der Waals surface area (Å²) < 4.78 is 14.5. The molecule has 1 rings (SSSR count). The highest BCUT2D eigenvalue weighted by atomic mass is 31.2. The molecule has 76 valence electrons. The van der Waals surface area contributed by atoms with Gasteiger partial charge in [0.25, 0.3) is 0 Å². The maximum atomic E-state index is 10.3. The fourth-order valence-corrected chi connectivity index (χ4v) is 1.10. The van der Waals surface area contributed by atoms with Crippen LogP contribution in [0, 0.1) is 0 Å². The van der Waals surface area contributed by atoms with E-state index in [1.165, 1.54) is 18.3 Å². The van der Waals surface area contributed by atoms with Gasteiger partial charge in [-0.25, -0.2) is 4.57 Å². The molecule has 0 aromatic carbocycles. The van der Waals surface area contributed by atoms with Gasteiger partial charge in [0.05, 0.1) is 5.69 Å². The maximum Gasteiger partial charge on any atom is 0.469 e. The second kappa shape index (κ2) is 4.43. The van der Waals surface area contributed by atoms with Crippen LogP contribution < -0.4 is 0 Å². The number of pyridine rings is 1. The molecule has 1 aromatic rings. The minimum Gasteiger partial charge on any atom is -0.303 e. The first kappa shape index (κ1) is 11.0. The molecule has 0 unspecified atom stereocenters. The van der Waals surface area contributed by atoms with Crippen molar-refractivity contribution in [2.75, 3.05) is 0 Å². The highest BCUT2D eigenvalue weighted by Crippen LogP contribution is 2.36. The van der Waals surface area contributed by atoms with Crippen molar-refractivity contribution in [1.82, 2.24) is 4.98 Å². The van der Waals surface area contributed by atoms with Gasteiger partial charge in [-0.05, 0) is 12.1 Å². The van der Waals surface area contributed by atoms with E-state index in [9.17, 15) is 9.36 Å². The van der Waals surface area contributed by atoms with Crippen LogP contribution in [0.1, 0.15) is 16.1 Å². The summed E-state index contributed by atoms with van der Waals surface area (Å²) >= 11 is 0. The molecule has 0 fully saturated rings. The highest BCUT2D eigenvalue weighted by Gasteiger charge is 2.13. The lowest BCUT2D eigenvalue weighted by atomic mass is 10.2. The number of phosphoric ester groups is 1. The highest BCUT2D eigenvalue weighted by molar-refractivity contribution is 7.46. The SMILES string of the molecule is O=Cc1ccnc(COP(=O)(O)O)c1. The molecule has 1 heterocycles. The molecule has 1 aromatic heterocycles. The Morgan fingerprint density at radius 2 is 2.29 bits per heavy atom. The van der Waals surface area contributed by atoms with Crippen LogP contribution in [0.25, 0.3) is 0 Å². The number of rotatable bonds is 4. The Hall–Kier alpha value is -1.07. The Balaban J connectivity index is 2.68. The lowest BCUT2D eigenvalue weighted by Crippen LogP contribution is -1.95. The van der Waals surface area contributed by atoms with Crippen LogP contribution in [0.5, 0.6) is 0 Å². The standard InChI is InChI=1S/C7H8NO5P/c9-4-6-1-2-8-7(3-6)5-13-14(10,11)12/h1-4H,5H2,(H2,10,11,12). The van der Waals surface area contributed by atoms with Crippen molar-refractivity contribution in [2.24, 2.45) is 0 Å². The average Bonchev–Trinajstić information content (AvgIpc) is 2.14. The van der Waals surface area contributed by atoms with E-state index in [-0.39, 0.29) is 12.3 Å². The molecule has 6 nitrogen and oxygen atoms in total. The van der Waals surface area contributed by atoms with Crippen molar-refractivity contribution in [3.05, 3.63) is 29.6 Å². The van der Waals surface area contributed by atoms with E-state index >= 15 is 0 Å². The van der Waals surface area contributed by atoms with E-state index in [0.717, 1.165) is 0 Å². The first-order valence-electron chi connectivity index (χ1n) is 3.61. The van der Waals surface area contributed by atoms with E-state index in [0.29, 0.717) is 11.8 Å². The summed E-state index contributed by atoms with van der Waals surface area (Å²) in [7, 11) is -4.48. The van der Waals surface area contributed by atoms with Crippen LogP contribution in [0.3, 0.4) is 0 Å². The van der Waals surface area contributed by atoms with E-state index in [1.807, 2.05) is 0 Å². The monoisotopic (exact) mass is 217 g/mol. The number of carbonyl (C=O) groups excluding carboxylic acids is 1. The predicted molar refractivity (Wildman–Crippen MR) is 46.5 cm³/mol. The molecule has 0 saturated carbocycles. The number of phosphoric acid groups is 1. The minimum atomic E-state index is -4.48.